The molecular weight excluding hydrogens is 504 g/mol. The maximum Gasteiger partial charge on any atom is 0.252 e. The molecule has 1 atom stereocenters. The minimum atomic E-state index is -0.740. The van der Waals surface area contributed by atoms with Crippen LogP contribution in [0.5, 0.6) is 0 Å². The Labute approximate surface area is 233 Å². The number of rotatable bonds is 7. The number of hydrogen-bond donors (Lipinski definition) is 2. The summed E-state index contributed by atoms with van der Waals surface area (Å²) in [6.45, 7) is 3.53. The van der Waals surface area contributed by atoms with Gasteiger partial charge in [0.05, 0.1) is 11.2 Å². The molecule has 5 rings (SSSR count). The fraction of sp³-hybridized carbons (Fsp3) is 0.300. The van der Waals surface area contributed by atoms with Crippen molar-refractivity contribution in [2.75, 3.05) is 58.0 Å². The molecule has 1 aliphatic rings. The maximum atomic E-state index is 13.4. The number of anilines is 2. The molecule has 0 aliphatic carbocycles. The van der Waals surface area contributed by atoms with Gasteiger partial charge >= 0.3 is 0 Å². The second-order valence-electron chi connectivity index (χ2n) is 10.3. The molecule has 1 aliphatic heterocycles. The zero-order valence-corrected chi connectivity index (χ0v) is 23.0. The average molecular weight is 539 g/mol. The van der Waals surface area contributed by atoms with Crippen molar-refractivity contribution >= 4 is 34.5 Å². The van der Waals surface area contributed by atoms with Crippen LogP contribution < -0.4 is 16.0 Å². The second-order valence-corrected chi connectivity index (χ2v) is 10.3. The summed E-state index contributed by atoms with van der Waals surface area (Å²) in [5.41, 5.74) is 9.84. The van der Waals surface area contributed by atoms with Crippen molar-refractivity contribution in [3.63, 3.8) is 0 Å². The predicted octanol–water partition coefficient (Wildman–Crippen LogP) is 2.46. The molecule has 4 aromatic rings. The number of piperazine rings is 1. The van der Waals surface area contributed by atoms with E-state index in [0.717, 1.165) is 54.2 Å². The zero-order valence-electron chi connectivity index (χ0n) is 23.0. The van der Waals surface area contributed by atoms with Gasteiger partial charge in [0.2, 0.25) is 11.9 Å². The van der Waals surface area contributed by atoms with Gasteiger partial charge in [0.1, 0.15) is 11.9 Å². The molecular formula is C30H34N8O2. The zero-order chi connectivity index (χ0) is 28.2. The molecule has 1 saturated heterocycles. The van der Waals surface area contributed by atoms with Crippen molar-refractivity contribution in [2.24, 2.45) is 0 Å². The Morgan fingerprint density at radius 1 is 1.00 bits per heavy atom. The minimum absolute atomic E-state index is 0.161. The first kappa shape index (κ1) is 27.0. The normalized spacial score (nSPS) is 14.6. The van der Waals surface area contributed by atoms with Gasteiger partial charge in [-0.25, -0.2) is 4.98 Å². The van der Waals surface area contributed by atoms with E-state index in [1.165, 1.54) is 4.90 Å². The topological polar surface area (TPSA) is 121 Å². The Kier molecular flexibility index (Phi) is 7.88. The summed E-state index contributed by atoms with van der Waals surface area (Å²) in [4.78, 5) is 45.7. The Morgan fingerprint density at radius 3 is 2.42 bits per heavy atom. The summed E-state index contributed by atoms with van der Waals surface area (Å²) >= 11 is 0. The number of nitrogen functional groups attached to an aromatic ring is 1. The summed E-state index contributed by atoms with van der Waals surface area (Å²) in [6.07, 6.45) is 2.10. The lowest BCUT2D eigenvalue weighted by Crippen LogP contribution is -2.47. The first-order chi connectivity index (χ1) is 19.3. The van der Waals surface area contributed by atoms with Crippen LogP contribution in [0.15, 0.2) is 66.9 Å². The third-order valence-corrected chi connectivity index (χ3v) is 7.16. The van der Waals surface area contributed by atoms with Crippen molar-refractivity contribution < 1.29 is 9.59 Å². The predicted molar refractivity (Wildman–Crippen MR) is 157 cm³/mol. The van der Waals surface area contributed by atoms with Crippen LogP contribution >= 0.6 is 0 Å². The molecule has 10 nitrogen and oxygen atoms in total. The first-order valence-electron chi connectivity index (χ1n) is 13.3. The molecule has 3 heterocycles. The van der Waals surface area contributed by atoms with E-state index in [1.807, 2.05) is 48.5 Å². The maximum absolute atomic E-state index is 13.4. The van der Waals surface area contributed by atoms with Crippen LogP contribution in [0, 0.1) is 0 Å². The number of nitrogens with zero attached hydrogens (tertiary/aromatic N) is 6. The number of nitrogens with two attached hydrogens (primary N) is 1. The van der Waals surface area contributed by atoms with Gasteiger partial charge < -0.3 is 25.8 Å². The molecule has 40 heavy (non-hydrogen) atoms. The van der Waals surface area contributed by atoms with Gasteiger partial charge in [-0.3, -0.25) is 14.6 Å². The van der Waals surface area contributed by atoms with E-state index < -0.39 is 6.04 Å². The van der Waals surface area contributed by atoms with Crippen LogP contribution in [0.3, 0.4) is 0 Å². The summed E-state index contributed by atoms with van der Waals surface area (Å²) < 4.78 is 0. The van der Waals surface area contributed by atoms with Crippen molar-refractivity contribution in [1.82, 2.24) is 30.1 Å². The number of pyridine rings is 1. The molecule has 1 unspecified atom stereocenters. The lowest BCUT2D eigenvalue weighted by molar-refractivity contribution is -0.130. The number of aromatic nitrogens is 3. The summed E-state index contributed by atoms with van der Waals surface area (Å²) in [5.74, 6) is 0.392. The standard InChI is InChI=1S/C30H34N8O2/c1-36(2)29(40)26(18-20-7-9-21(10-8-20)24-6-4-5-13-32-24)33-28(39)22-11-12-23-25(19-22)34-30(31)35-27(23)38-16-14-37(3)15-17-38/h4-13,19,26H,14-18H2,1-3H3,(H,33,39)(H2,31,34,35). The molecule has 2 aromatic carbocycles. The molecule has 1 fully saturated rings. The molecule has 2 aromatic heterocycles. The largest absolute Gasteiger partial charge is 0.368 e. The molecule has 2 amide bonds. The Balaban J connectivity index is 1.36. The second kappa shape index (κ2) is 11.7. The molecule has 0 bridgehead atoms. The Morgan fingerprint density at radius 2 is 1.75 bits per heavy atom. The van der Waals surface area contributed by atoms with Gasteiger partial charge in [0, 0.05) is 69.4 Å². The fourth-order valence-electron chi connectivity index (χ4n) is 4.87. The van der Waals surface area contributed by atoms with E-state index in [4.69, 9.17) is 5.73 Å². The van der Waals surface area contributed by atoms with Crippen LogP contribution in [0.25, 0.3) is 22.2 Å². The minimum Gasteiger partial charge on any atom is -0.368 e. The van der Waals surface area contributed by atoms with E-state index in [1.54, 1.807) is 32.4 Å². The molecule has 0 radical (unpaired) electrons. The summed E-state index contributed by atoms with van der Waals surface area (Å²) in [7, 11) is 5.46. The van der Waals surface area contributed by atoms with Gasteiger partial charge in [0.15, 0.2) is 0 Å². The lowest BCUT2D eigenvalue weighted by atomic mass is 10.0. The summed E-state index contributed by atoms with van der Waals surface area (Å²) in [5, 5.41) is 3.78. The monoisotopic (exact) mass is 538 g/mol. The van der Waals surface area contributed by atoms with Gasteiger partial charge in [-0.05, 0) is 42.9 Å². The number of benzene rings is 2. The molecule has 10 heteroatoms. The SMILES string of the molecule is CN1CCN(c2nc(N)nc3cc(C(=O)NC(Cc4ccc(-c5ccccn5)cc4)C(=O)N(C)C)ccc23)CC1. The van der Waals surface area contributed by atoms with Gasteiger partial charge in [-0.2, -0.15) is 4.98 Å². The Hall–Kier alpha value is -4.57. The first-order valence-corrected chi connectivity index (χ1v) is 13.3. The van der Waals surface area contributed by atoms with Crippen LogP contribution in [-0.2, 0) is 11.2 Å². The van der Waals surface area contributed by atoms with E-state index in [-0.39, 0.29) is 17.8 Å². The van der Waals surface area contributed by atoms with Crippen molar-refractivity contribution in [3.8, 4) is 11.3 Å². The molecule has 0 spiro atoms. The fourth-order valence-corrected chi connectivity index (χ4v) is 4.87. The summed E-state index contributed by atoms with van der Waals surface area (Å²) in [6, 6.07) is 18.2. The van der Waals surface area contributed by atoms with E-state index >= 15 is 0 Å². The van der Waals surface area contributed by atoms with Gasteiger partial charge in [-0.1, -0.05) is 30.3 Å². The number of amides is 2. The highest BCUT2D eigenvalue weighted by Crippen LogP contribution is 2.27. The number of carbonyl (C=O) groups excluding carboxylic acids is 2. The van der Waals surface area contributed by atoms with E-state index in [9.17, 15) is 9.59 Å². The smallest absolute Gasteiger partial charge is 0.252 e. The van der Waals surface area contributed by atoms with Crippen LogP contribution in [-0.4, -0.2) is 89.9 Å². The highest BCUT2D eigenvalue weighted by atomic mass is 16.2. The van der Waals surface area contributed by atoms with E-state index in [0.29, 0.717) is 17.5 Å². The number of likely N-dealkylation sites (N-methyl/N-ethyl adjacent to an activating group) is 2. The Bertz CT molecular complexity index is 1500. The molecule has 206 valence electrons. The third-order valence-electron chi connectivity index (χ3n) is 7.16. The number of carbonyl (C=O) groups is 2. The van der Waals surface area contributed by atoms with Crippen molar-refractivity contribution in [3.05, 3.63) is 78.0 Å². The molecule has 3 N–H and O–H groups in total. The quantitative estimate of drug-likeness (QED) is 0.368. The third kappa shape index (κ3) is 6.02. The van der Waals surface area contributed by atoms with Crippen LogP contribution in [0.2, 0.25) is 0 Å². The number of nitrogens with one attached hydrogen (secondary N) is 1. The van der Waals surface area contributed by atoms with Crippen molar-refractivity contribution in [2.45, 2.75) is 12.5 Å². The van der Waals surface area contributed by atoms with Crippen molar-refractivity contribution in [1.29, 1.82) is 0 Å². The number of hydrogen-bond acceptors (Lipinski definition) is 8. The highest BCUT2D eigenvalue weighted by molar-refractivity contribution is 6.02. The molecule has 0 saturated carbocycles. The van der Waals surface area contributed by atoms with Crippen LogP contribution in [0.4, 0.5) is 11.8 Å². The van der Waals surface area contributed by atoms with Gasteiger partial charge in [-0.15, -0.1) is 0 Å². The average Bonchev–Trinajstić information content (AvgIpc) is 2.96. The highest BCUT2D eigenvalue weighted by Gasteiger charge is 2.25. The van der Waals surface area contributed by atoms with Crippen LogP contribution in [0.1, 0.15) is 15.9 Å². The lowest BCUT2D eigenvalue weighted by Gasteiger charge is -2.33. The number of fused-ring (bicyclic) bond motifs is 1. The van der Waals surface area contributed by atoms with E-state index in [2.05, 4.69) is 37.1 Å². The van der Waals surface area contributed by atoms with Gasteiger partial charge in [0.25, 0.3) is 5.91 Å².